The number of imide groups is 1. The second kappa shape index (κ2) is 9.90. The number of likely N-dealkylation sites (N-methyl/N-ethyl adjacent to an activating group) is 1. The van der Waals surface area contributed by atoms with Crippen molar-refractivity contribution in [3.05, 3.63) is 12.2 Å². The highest BCUT2D eigenvalue weighted by molar-refractivity contribution is 14.0. The molecule has 1 aliphatic heterocycles. The van der Waals surface area contributed by atoms with Gasteiger partial charge in [-0.2, -0.15) is 0 Å². The fraction of sp³-hybridized carbons (Fsp3) is 0.700. The van der Waals surface area contributed by atoms with Gasteiger partial charge >= 0.3 is 0 Å². The van der Waals surface area contributed by atoms with Gasteiger partial charge in [0.15, 0.2) is 5.96 Å². The van der Waals surface area contributed by atoms with Gasteiger partial charge in [-0.15, -0.1) is 24.0 Å². The van der Waals surface area contributed by atoms with Crippen LogP contribution in [0.5, 0.6) is 0 Å². The minimum atomic E-state index is -0.161. The third-order valence-corrected chi connectivity index (χ3v) is 6.06. The summed E-state index contributed by atoms with van der Waals surface area (Å²) in [6.07, 6.45) is 6.04. The van der Waals surface area contributed by atoms with Crippen molar-refractivity contribution in [2.24, 2.45) is 28.7 Å². The smallest absolute Gasteiger partial charge is 0.243 e. The summed E-state index contributed by atoms with van der Waals surface area (Å²) in [4.78, 5) is 44.5. The van der Waals surface area contributed by atoms with Crippen molar-refractivity contribution in [1.29, 1.82) is 0 Å². The second-order valence-electron chi connectivity index (χ2n) is 8.16. The van der Waals surface area contributed by atoms with Crippen molar-refractivity contribution in [2.75, 3.05) is 33.7 Å². The van der Waals surface area contributed by atoms with Gasteiger partial charge in [0.05, 0.1) is 11.8 Å². The van der Waals surface area contributed by atoms with Gasteiger partial charge in [0.25, 0.3) is 0 Å². The average Bonchev–Trinajstić information content (AvgIpc) is 3.34. The van der Waals surface area contributed by atoms with E-state index in [1.807, 2.05) is 6.92 Å². The highest BCUT2D eigenvalue weighted by Crippen LogP contribution is 2.52. The van der Waals surface area contributed by atoms with Crippen LogP contribution in [0, 0.1) is 23.7 Å². The molecule has 3 aliphatic rings. The Morgan fingerprint density at radius 3 is 2.34 bits per heavy atom. The van der Waals surface area contributed by atoms with E-state index in [1.165, 1.54) is 9.80 Å². The lowest BCUT2D eigenvalue weighted by atomic mass is 9.85. The lowest BCUT2D eigenvalue weighted by Crippen LogP contribution is -2.46. The van der Waals surface area contributed by atoms with Gasteiger partial charge in [-0.05, 0) is 31.6 Å². The molecule has 1 saturated carbocycles. The number of aliphatic imine (C=N–C) groups is 1. The van der Waals surface area contributed by atoms with Crippen molar-refractivity contribution in [2.45, 2.75) is 32.7 Å². The topological polar surface area (TPSA) is 94.1 Å². The number of rotatable bonds is 7. The third-order valence-electron chi connectivity index (χ3n) is 6.06. The van der Waals surface area contributed by atoms with Crippen LogP contribution >= 0.6 is 24.0 Å². The molecule has 3 amide bonds. The van der Waals surface area contributed by atoms with Crippen LogP contribution in [-0.4, -0.2) is 73.3 Å². The summed E-state index contributed by atoms with van der Waals surface area (Å²) >= 11 is 0. The number of likely N-dealkylation sites (tertiary alicyclic amines) is 1. The number of carbonyl (C=O) groups is 3. The standard InChI is InChI=1S/C20H31N5O3.HI/c1-5-12(2)23-20(22-11-15(26)24(3)4)21-8-9-25-18(27)16-13-6-7-14(10-13)17(16)19(25)28;/h6-7,12-14,16-17H,5,8-11H2,1-4H3,(H2,21,22,23);1H. The molecule has 8 nitrogen and oxygen atoms in total. The molecule has 2 fully saturated rings. The maximum Gasteiger partial charge on any atom is 0.243 e. The number of allylic oxidation sites excluding steroid dienone is 2. The maximum absolute atomic E-state index is 12.7. The Balaban J connectivity index is 0.00000300. The summed E-state index contributed by atoms with van der Waals surface area (Å²) in [5, 5.41) is 6.40. The van der Waals surface area contributed by atoms with Crippen LogP contribution in [0.2, 0.25) is 0 Å². The number of hydrogen-bond acceptors (Lipinski definition) is 4. The molecule has 0 spiro atoms. The lowest BCUT2D eigenvalue weighted by molar-refractivity contribution is -0.140. The average molecular weight is 517 g/mol. The molecule has 2 bridgehead atoms. The van der Waals surface area contributed by atoms with Crippen LogP contribution in [0.25, 0.3) is 0 Å². The van der Waals surface area contributed by atoms with E-state index in [2.05, 4.69) is 34.7 Å². The molecule has 0 aromatic heterocycles. The van der Waals surface area contributed by atoms with E-state index in [4.69, 9.17) is 0 Å². The Hall–Kier alpha value is -1.65. The van der Waals surface area contributed by atoms with E-state index >= 15 is 0 Å². The molecule has 9 heteroatoms. The van der Waals surface area contributed by atoms with Crippen molar-refractivity contribution in [3.63, 3.8) is 0 Å². The van der Waals surface area contributed by atoms with Crippen LogP contribution in [0.3, 0.4) is 0 Å². The molecule has 2 aliphatic carbocycles. The van der Waals surface area contributed by atoms with E-state index in [0.717, 1.165) is 12.8 Å². The first-order valence-corrected chi connectivity index (χ1v) is 10.1. The molecule has 0 aromatic carbocycles. The minimum Gasteiger partial charge on any atom is -0.355 e. The molecule has 1 heterocycles. The Kier molecular flexibility index (Phi) is 8.07. The van der Waals surface area contributed by atoms with Crippen LogP contribution in [-0.2, 0) is 14.4 Å². The molecule has 3 rings (SSSR count). The number of carbonyl (C=O) groups excluding carboxylic acids is 3. The summed E-state index contributed by atoms with van der Waals surface area (Å²) in [6.45, 7) is 4.84. The van der Waals surface area contributed by atoms with Gasteiger partial charge in [-0.25, -0.2) is 4.99 Å². The Morgan fingerprint density at radius 1 is 1.24 bits per heavy atom. The summed E-state index contributed by atoms with van der Waals surface area (Å²) in [7, 11) is 3.38. The fourth-order valence-corrected chi connectivity index (χ4v) is 4.25. The van der Waals surface area contributed by atoms with E-state index in [9.17, 15) is 14.4 Å². The monoisotopic (exact) mass is 517 g/mol. The molecular formula is C20H32IN5O3. The number of amides is 3. The van der Waals surface area contributed by atoms with Crippen LogP contribution in [0.15, 0.2) is 17.1 Å². The molecule has 1 saturated heterocycles. The molecule has 0 aromatic rings. The molecule has 2 N–H and O–H groups in total. The zero-order chi connectivity index (χ0) is 20.4. The lowest BCUT2D eigenvalue weighted by Gasteiger charge is -2.20. The highest BCUT2D eigenvalue weighted by Gasteiger charge is 2.58. The Labute approximate surface area is 189 Å². The first kappa shape index (κ1) is 23.6. The number of fused-ring (bicyclic) bond motifs is 5. The predicted molar refractivity (Wildman–Crippen MR) is 122 cm³/mol. The Morgan fingerprint density at radius 2 is 1.83 bits per heavy atom. The van der Waals surface area contributed by atoms with Crippen LogP contribution in [0.1, 0.15) is 26.7 Å². The Bertz CT molecular complexity index is 678. The van der Waals surface area contributed by atoms with E-state index < -0.39 is 0 Å². The first-order valence-electron chi connectivity index (χ1n) is 10.1. The molecule has 162 valence electrons. The van der Waals surface area contributed by atoms with Gasteiger partial charge in [-0.3, -0.25) is 19.3 Å². The van der Waals surface area contributed by atoms with Gasteiger partial charge in [0.1, 0.15) is 6.54 Å². The van der Waals surface area contributed by atoms with Crippen molar-refractivity contribution in [1.82, 2.24) is 20.4 Å². The molecule has 5 atom stereocenters. The maximum atomic E-state index is 12.7. The SMILES string of the molecule is CCC(C)NC(=NCC(=O)N(C)C)NCCN1C(=O)C2C3C=CC(C3)C2C1=O.I. The summed E-state index contributed by atoms with van der Waals surface area (Å²) in [6, 6.07) is 0.191. The fourth-order valence-electron chi connectivity index (χ4n) is 4.25. The predicted octanol–water partition coefficient (Wildman–Crippen LogP) is 0.833. The van der Waals surface area contributed by atoms with Crippen molar-refractivity contribution in [3.8, 4) is 0 Å². The molecular weight excluding hydrogens is 485 g/mol. The molecule has 29 heavy (non-hydrogen) atoms. The normalized spacial score (nSPS) is 28.3. The molecule has 0 radical (unpaired) electrons. The van der Waals surface area contributed by atoms with Gasteiger partial charge in [-0.1, -0.05) is 19.1 Å². The van der Waals surface area contributed by atoms with Gasteiger partial charge < -0.3 is 15.5 Å². The van der Waals surface area contributed by atoms with Crippen LogP contribution in [0.4, 0.5) is 0 Å². The van der Waals surface area contributed by atoms with E-state index in [-0.39, 0.29) is 78.0 Å². The largest absolute Gasteiger partial charge is 0.355 e. The highest BCUT2D eigenvalue weighted by atomic mass is 127. The number of hydrogen-bond donors (Lipinski definition) is 2. The van der Waals surface area contributed by atoms with Gasteiger partial charge in [0, 0.05) is 33.2 Å². The zero-order valence-electron chi connectivity index (χ0n) is 17.6. The van der Waals surface area contributed by atoms with Gasteiger partial charge in [0.2, 0.25) is 17.7 Å². The first-order chi connectivity index (χ1) is 13.3. The quantitative estimate of drug-likeness (QED) is 0.172. The minimum absolute atomic E-state index is 0. The third kappa shape index (κ3) is 4.92. The van der Waals surface area contributed by atoms with Crippen molar-refractivity contribution >= 4 is 47.7 Å². The number of nitrogens with one attached hydrogen (secondary N) is 2. The van der Waals surface area contributed by atoms with E-state index in [1.54, 1.807) is 14.1 Å². The second-order valence-corrected chi connectivity index (χ2v) is 8.16. The van der Waals surface area contributed by atoms with E-state index in [0.29, 0.717) is 19.0 Å². The van der Waals surface area contributed by atoms with Crippen LogP contribution < -0.4 is 10.6 Å². The zero-order valence-corrected chi connectivity index (χ0v) is 19.9. The summed E-state index contributed by atoms with van der Waals surface area (Å²) in [5.41, 5.74) is 0. The number of guanidine groups is 1. The molecule has 5 unspecified atom stereocenters. The van der Waals surface area contributed by atoms with Crippen molar-refractivity contribution < 1.29 is 14.4 Å². The number of nitrogens with zero attached hydrogens (tertiary/aromatic N) is 3. The number of halogens is 1. The summed E-state index contributed by atoms with van der Waals surface area (Å²) in [5.74, 6) is 0.487. The summed E-state index contributed by atoms with van der Waals surface area (Å²) < 4.78 is 0.